The van der Waals surface area contributed by atoms with E-state index in [4.69, 9.17) is 9.47 Å². The summed E-state index contributed by atoms with van der Waals surface area (Å²) in [4.78, 5) is 38.5. The van der Waals surface area contributed by atoms with Gasteiger partial charge in [0.25, 0.3) is 11.8 Å². The minimum absolute atomic E-state index is 0.255. The number of urea groups is 1. The second kappa shape index (κ2) is 10.5. The highest BCUT2D eigenvalue weighted by Crippen LogP contribution is 2.38. The summed E-state index contributed by atoms with van der Waals surface area (Å²) in [5.41, 5.74) is 0.818. The Morgan fingerprint density at radius 2 is 1.71 bits per heavy atom. The van der Waals surface area contributed by atoms with Gasteiger partial charge in [-0.1, -0.05) is 42.5 Å². The van der Waals surface area contributed by atoms with Gasteiger partial charge < -0.3 is 9.47 Å². The number of nitrogens with zero attached hydrogens (tertiary/aromatic N) is 1. The lowest BCUT2D eigenvalue weighted by atomic mass is 10.1. The van der Waals surface area contributed by atoms with Crippen molar-refractivity contribution in [2.45, 2.75) is 13.5 Å². The summed E-state index contributed by atoms with van der Waals surface area (Å²) in [6, 6.07) is 17.2. The molecule has 0 unspecified atom stereocenters. The highest BCUT2D eigenvalue weighted by Gasteiger charge is 2.38. The van der Waals surface area contributed by atoms with Gasteiger partial charge in [-0.2, -0.15) is 0 Å². The minimum atomic E-state index is -1.02. The van der Waals surface area contributed by atoms with Gasteiger partial charge in [0.2, 0.25) is 0 Å². The van der Waals surface area contributed by atoms with Crippen molar-refractivity contribution in [1.29, 1.82) is 0 Å². The van der Waals surface area contributed by atoms with Gasteiger partial charge in [-0.15, -0.1) is 0 Å². The first-order valence-corrected chi connectivity index (χ1v) is 11.5. The summed E-state index contributed by atoms with van der Waals surface area (Å²) >= 11 is 3.47. The molecule has 3 aromatic carbocycles. The number of para-hydroxylation sites is 1. The summed E-state index contributed by atoms with van der Waals surface area (Å²) in [6.07, 6.45) is 1.31. The van der Waals surface area contributed by atoms with Crippen molar-refractivity contribution < 1.29 is 28.2 Å². The second-order valence-electron chi connectivity index (χ2n) is 7.45. The third-order valence-corrected chi connectivity index (χ3v) is 5.65. The highest BCUT2D eigenvalue weighted by molar-refractivity contribution is 9.10. The van der Waals surface area contributed by atoms with Crippen LogP contribution in [-0.2, 0) is 16.2 Å². The molecular formula is C26H20BrFN2O5. The van der Waals surface area contributed by atoms with Crippen molar-refractivity contribution in [3.8, 4) is 11.5 Å². The van der Waals surface area contributed by atoms with E-state index in [2.05, 4.69) is 21.2 Å². The quantitative estimate of drug-likeness (QED) is 0.328. The fourth-order valence-corrected chi connectivity index (χ4v) is 4.05. The predicted octanol–water partition coefficient (Wildman–Crippen LogP) is 5.23. The molecule has 0 radical (unpaired) electrons. The Hall–Kier alpha value is -3.98. The van der Waals surface area contributed by atoms with Crippen LogP contribution in [0.1, 0.15) is 18.1 Å². The van der Waals surface area contributed by atoms with E-state index in [1.807, 2.05) is 37.3 Å². The van der Waals surface area contributed by atoms with E-state index in [1.54, 1.807) is 12.1 Å². The number of rotatable bonds is 7. The Balaban J connectivity index is 1.68. The first kappa shape index (κ1) is 24.2. The van der Waals surface area contributed by atoms with E-state index in [-0.39, 0.29) is 11.3 Å². The Kier molecular flexibility index (Phi) is 7.26. The number of hydrogen-bond acceptors (Lipinski definition) is 5. The van der Waals surface area contributed by atoms with Crippen LogP contribution in [0.4, 0.5) is 14.9 Å². The topological polar surface area (TPSA) is 84.9 Å². The van der Waals surface area contributed by atoms with E-state index >= 15 is 0 Å². The van der Waals surface area contributed by atoms with Crippen LogP contribution in [0.25, 0.3) is 6.08 Å². The molecule has 0 atom stereocenters. The number of ether oxygens (including phenoxy) is 2. The lowest BCUT2D eigenvalue weighted by Crippen LogP contribution is -2.54. The van der Waals surface area contributed by atoms with Crippen LogP contribution in [0.3, 0.4) is 0 Å². The monoisotopic (exact) mass is 538 g/mol. The van der Waals surface area contributed by atoms with Gasteiger partial charge in [0.05, 0.1) is 16.8 Å². The van der Waals surface area contributed by atoms with Crippen LogP contribution in [0.2, 0.25) is 0 Å². The Morgan fingerprint density at radius 3 is 2.43 bits per heavy atom. The van der Waals surface area contributed by atoms with Gasteiger partial charge in [-0.3, -0.25) is 14.9 Å². The number of nitrogens with one attached hydrogen (secondary N) is 1. The molecule has 1 fully saturated rings. The number of carbonyl (C=O) groups excluding carboxylic acids is 3. The molecule has 1 aliphatic heterocycles. The average molecular weight is 539 g/mol. The number of carbonyl (C=O) groups is 3. The third-order valence-electron chi connectivity index (χ3n) is 5.06. The maximum absolute atomic E-state index is 14.3. The van der Waals surface area contributed by atoms with Gasteiger partial charge in [0.15, 0.2) is 11.5 Å². The molecule has 0 saturated carbocycles. The van der Waals surface area contributed by atoms with Gasteiger partial charge >= 0.3 is 6.03 Å². The molecule has 4 amide bonds. The smallest absolute Gasteiger partial charge is 0.336 e. The second-order valence-corrected chi connectivity index (χ2v) is 8.30. The van der Waals surface area contributed by atoms with Crippen LogP contribution < -0.4 is 19.7 Å². The van der Waals surface area contributed by atoms with Crippen LogP contribution in [-0.4, -0.2) is 24.5 Å². The Bertz CT molecular complexity index is 1330. The summed E-state index contributed by atoms with van der Waals surface area (Å²) in [7, 11) is 0. The molecule has 1 heterocycles. The number of anilines is 1. The Labute approximate surface area is 209 Å². The number of hydrogen-bond donors (Lipinski definition) is 1. The van der Waals surface area contributed by atoms with E-state index in [1.165, 1.54) is 24.3 Å². The van der Waals surface area contributed by atoms with Gasteiger partial charge in [-0.25, -0.2) is 14.1 Å². The molecule has 4 rings (SSSR count). The van der Waals surface area contributed by atoms with Crippen molar-refractivity contribution in [3.05, 3.63) is 93.7 Å². The van der Waals surface area contributed by atoms with Crippen molar-refractivity contribution in [1.82, 2.24) is 5.32 Å². The lowest BCUT2D eigenvalue weighted by molar-refractivity contribution is -0.122. The SMILES string of the molecule is CCOc1cc(/C=C2/C(=O)NC(=O)N(c3ccccc3F)C2=O)cc(Br)c1OCc1ccccc1. The van der Waals surface area contributed by atoms with Crippen molar-refractivity contribution >= 4 is 45.5 Å². The van der Waals surface area contributed by atoms with Crippen LogP contribution in [0.15, 0.2) is 76.8 Å². The molecule has 7 nitrogen and oxygen atoms in total. The fourth-order valence-electron chi connectivity index (χ4n) is 3.48. The molecule has 0 spiro atoms. The predicted molar refractivity (Wildman–Crippen MR) is 131 cm³/mol. The minimum Gasteiger partial charge on any atom is -0.490 e. The Morgan fingerprint density at radius 1 is 1.00 bits per heavy atom. The zero-order chi connectivity index (χ0) is 24.9. The number of halogens is 2. The summed E-state index contributed by atoms with van der Waals surface area (Å²) in [6.45, 7) is 2.47. The van der Waals surface area contributed by atoms with Gasteiger partial charge in [0, 0.05) is 0 Å². The van der Waals surface area contributed by atoms with Gasteiger partial charge in [0.1, 0.15) is 18.0 Å². The van der Waals surface area contributed by atoms with Crippen LogP contribution >= 0.6 is 15.9 Å². The number of barbiturate groups is 1. The first-order valence-electron chi connectivity index (χ1n) is 10.7. The fraction of sp³-hybridized carbons (Fsp3) is 0.115. The molecule has 0 aromatic heterocycles. The molecule has 3 aromatic rings. The lowest BCUT2D eigenvalue weighted by Gasteiger charge is -2.26. The normalized spacial score (nSPS) is 14.8. The van der Waals surface area contributed by atoms with E-state index < -0.39 is 23.7 Å². The van der Waals surface area contributed by atoms with Crippen molar-refractivity contribution in [3.63, 3.8) is 0 Å². The zero-order valence-corrected chi connectivity index (χ0v) is 20.2. The van der Waals surface area contributed by atoms with Crippen molar-refractivity contribution in [2.24, 2.45) is 0 Å². The molecule has 0 bridgehead atoms. The number of imide groups is 2. The number of amides is 4. The first-order chi connectivity index (χ1) is 16.9. The molecule has 0 aliphatic carbocycles. The largest absolute Gasteiger partial charge is 0.490 e. The molecule has 1 N–H and O–H groups in total. The van der Waals surface area contributed by atoms with E-state index in [0.29, 0.717) is 39.6 Å². The summed E-state index contributed by atoms with van der Waals surface area (Å²) in [5, 5.41) is 2.08. The van der Waals surface area contributed by atoms with E-state index in [9.17, 15) is 18.8 Å². The molecular weight excluding hydrogens is 519 g/mol. The number of benzene rings is 3. The molecule has 1 aliphatic rings. The molecule has 9 heteroatoms. The highest BCUT2D eigenvalue weighted by atomic mass is 79.9. The third kappa shape index (κ3) is 5.25. The summed E-state index contributed by atoms with van der Waals surface area (Å²) in [5.74, 6) is -1.74. The average Bonchev–Trinajstić information content (AvgIpc) is 2.83. The van der Waals surface area contributed by atoms with Gasteiger partial charge in [-0.05, 0) is 64.3 Å². The van der Waals surface area contributed by atoms with Crippen LogP contribution in [0, 0.1) is 5.82 Å². The molecule has 178 valence electrons. The molecule has 35 heavy (non-hydrogen) atoms. The zero-order valence-electron chi connectivity index (χ0n) is 18.6. The van der Waals surface area contributed by atoms with Crippen molar-refractivity contribution in [2.75, 3.05) is 11.5 Å². The van der Waals surface area contributed by atoms with Crippen LogP contribution in [0.5, 0.6) is 11.5 Å². The maximum Gasteiger partial charge on any atom is 0.336 e. The maximum atomic E-state index is 14.3. The molecule has 1 saturated heterocycles. The van der Waals surface area contributed by atoms with E-state index in [0.717, 1.165) is 11.6 Å². The summed E-state index contributed by atoms with van der Waals surface area (Å²) < 4.78 is 26.5. The standard InChI is InChI=1S/C26H20BrFN2O5/c1-2-34-22-14-17(13-19(27)23(22)35-15-16-8-4-3-5-9-16)12-18-24(31)29-26(33)30(25(18)32)21-11-7-6-10-20(21)28/h3-14H,2,15H2,1H3,(H,29,31,33)/b18-12-.